The van der Waals surface area contributed by atoms with Gasteiger partial charge in [-0.15, -0.1) is 0 Å². The first-order valence-electron chi connectivity index (χ1n) is 9.13. The van der Waals surface area contributed by atoms with Gasteiger partial charge in [-0.3, -0.25) is 0 Å². The van der Waals surface area contributed by atoms with Gasteiger partial charge in [0.05, 0.1) is 12.7 Å². The largest absolute Gasteiger partial charge is 0.494 e. The number of hydrogen-bond acceptors (Lipinski definition) is 4. The molecule has 1 saturated heterocycles. The monoisotopic (exact) mass is 341 g/mol. The van der Waals surface area contributed by atoms with Gasteiger partial charge in [0, 0.05) is 18.8 Å². The molecular weight excluding hydrogens is 314 g/mol. The highest BCUT2D eigenvalue weighted by atomic mass is 16.5. The molecule has 0 bridgehead atoms. The quantitative estimate of drug-likeness (QED) is 0.721. The van der Waals surface area contributed by atoms with Crippen LogP contribution in [0, 0.1) is 0 Å². The van der Waals surface area contributed by atoms with Crippen LogP contribution in [0.15, 0.2) is 48.5 Å². The Morgan fingerprint density at radius 2 is 1.72 bits per heavy atom. The van der Waals surface area contributed by atoms with Gasteiger partial charge in [-0.2, -0.15) is 0 Å². The Kier molecular flexibility index (Phi) is 6.57. The minimum absolute atomic E-state index is 0.252. The smallest absolute Gasteiger partial charge is 0.119 e. The van der Waals surface area contributed by atoms with Crippen molar-refractivity contribution in [3.63, 3.8) is 0 Å². The molecule has 3 rings (SSSR count). The predicted molar refractivity (Wildman–Crippen MR) is 100 cm³/mol. The number of hydrogen-bond donors (Lipinski definition) is 1. The van der Waals surface area contributed by atoms with Gasteiger partial charge in [0.2, 0.25) is 0 Å². The zero-order chi connectivity index (χ0) is 17.3. The van der Waals surface area contributed by atoms with Crippen LogP contribution in [0.2, 0.25) is 0 Å². The molecule has 1 atom stereocenters. The molecule has 1 aliphatic heterocycles. The van der Waals surface area contributed by atoms with Crippen molar-refractivity contribution in [3.05, 3.63) is 54.1 Å². The summed E-state index contributed by atoms with van der Waals surface area (Å²) in [6, 6.07) is 16.3. The van der Waals surface area contributed by atoms with Gasteiger partial charge in [0.15, 0.2) is 0 Å². The molecule has 1 heterocycles. The first-order chi connectivity index (χ1) is 12.3. The highest BCUT2D eigenvalue weighted by Gasteiger charge is 2.15. The lowest BCUT2D eigenvalue weighted by Gasteiger charge is -2.12. The fraction of sp³-hybridized carbons (Fsp3) is 0.429. The fourth-order valence-electron chi connectivity index (χ4n) is 2.76. The SMILES string of the molecule is CCCOc1ccc(CNc2ccc(OCC3CCCO3)cc2)cc1. The molecule has 0 aliphatic carbocycles. The molecule has 0 spiro atoms. The van der Waals surface area contributed by atoms with Crippen molar-refractivity contribution in [1.29, 1.82) is 0 Å². The third-order valence-electron chi connectivity index (χ3n) is 4.21. The second kappa shape index (κ2) is 9.33. The van der Waals surface area contributed by atoms with Crippen LogP contribution in [0.3, 0.4) is 0 Å². The minimum Gasteiger partial charge on any atom is -0.494 e. The Balaban J connectivity index is 1.43. The summed E-state index contributed by atoms with van der Waals surface area (Å²) in [6.07, 6.45) is 3.52. The average molecular weight is 341 g/mol. The second-order valence-corrected chi connectivity index (χ2v) is 6.32. The summed E-state index contributed by atoms with van der Waals surface area (Å²) in [4.78, 5) is 0. The van der Waals surface area contributed by atoms with Crippen molar-refractivity contribution in [2.75, 3.05) is 25.1 Å². The highest BCUT2D eigenvalue weighted by molar-refractivity contribution is 5.47. The average Bonchev–Trinajstić information content (AvgIpc) is 3.18. The lowest BCUT2D eigenvalue weighted by Crippen LogP contribution is -2.16. The molecule has 1 unspecified atom stereocenters. The lowest BCUT2D eigenvalue weighted by molar-refractivity contribution is 0.0679. The maximum absolute atomic E-state index is 5.79. The third kappa shape index (κ3) is 5.68. The van der Waals surface area contributed by atoms with Crippen LogP contribution in [0.25, 0.3) is 0 Å². The van der Waals surface area contributed by atoms with E-state index in [1.165, 1.54) is 5.56 Å². The normalized spacial score (nSPS) is 16.6. The van der Waals surface area contributed by atoms with Gasteiger partial charge in [0.25, 0.3) is 0 Å². The standard InChI is InChI=1S/C21H27NO3/c1-2-13-23-19-9-5-17(6-10-19)15-22-18-7-11-20(12-8-18)25-16-21-4-3-14-24-21/h5-12,21-22H,2-4,13-16H2,1H3. The maximum Gasteiger partial charge on any atom is 0.119 e. The van der Waals surface area contributed by atoms with E-state index in [-0.39, 0.29) is 6.10 Å². The molecule has 4 heteroatoms. The Hall–Kier alpha value is -2.20. The number of nitrogens with one attached hydrogen (secondary N) is 1. The van der Waals surface area contributed by atoms with Crippen molar-refractivity contribution >= 4 is 5.69 Å². The van der Waals surface area contributed by atoms with E-state index in [1.807, 2.05) is 36.4 Å². The van der Waals surface area contributed by atoms with Crippen LogP contribution in [-0.2, 0) is 11.3 Å². The van der Waals surface area contributed by atoms with Crippen LogP contribution in [0.5, 0.6) is 11.5 Å². The highest BCUT2D eigenvalue weighted by Crippen LogP contribution is 2.19. The van der Waals surface area contributed by atoms with Crippen LogP contribution in [0.4, 0.5) is 5.69 Å². The summed E-state index contributed by atoms with van der Waals surface area (Å²) in [5, 5.41) is 3.43. The summed E-state index contributed by atoms with van der Waals surface area (Å²) in [6.45, 7) is 5.15. The molecule has 2 aromatic carbocycles. The molecule has 4 nitrogen and oxygen atoms in total. The maximum atomic E-state index is 5.79. The number of ether oxygens (including phenoxy) is 3. The first-order valence-corrected chi connectivity index (χ1v) is 9.13. The van der Waals surface area contributed by atoms with E-state index in [4.69, 9.17) is 14.2 Å². The van der Waals surface area contributed by atoms with Gasteiger partial charge in [-0.1, -0.05) is 19.1 Å². The van der Waals surface area contributed by atoms with E-state index in [9.17, 15) is 0 Å². The second-order valence-electron chi connectivity index (χ2n) is 6.32. The topological polar surface area (TPSA) is 39.7 Å². The van der Waals surface area contributed by atoms with Crippen molar-refractivity contribution < 1.29 is 14.2 Å². The van der Waals surface area contributed by atoms with E-state index in [0.717, 1.165) is 56.2 Å². The first kappa shape index (κ1) is 17.6. The van der Waals surface area contributed by atoms with Gasteiger partial charge in [0.1, 0.15) is 18.1 Å². The van der Waals surface area contributed by atoms with E-state index >= 15 is 0 Å². The Morgan fingerprint density at radius 3 is 2.40 bits per heavy atom. The zero-order valence-electron chi connectivity index (χ0n) is 14.9. The van der Waals surface area contributed by atoms with E-state index in [1.54, 1.807) is 0 Å². The van der Waals surface area contributed by atoms with Crippen LogP contribution in [-0.4, -0.2) is 25.9 Å². The third-order valence-corrected chi connectivity index (χ3v) is 4.21. The van der Waals surface area contributed by atoms with E-state index in [0.29, 0.717) is 6.61 Å². The molecule has 25 heavy (non-hydrogen) atoms. The molecule has 0 saturated carbocycles. The number of rotatable bonds is 9. The summed E-state index contributed by atoms with van der Waals surface area (Å²) in [5.74, 6) is 1.82. The lowest BCUT2D eigenvalue weighted by atomic mass is 10.2. The summed E-state index contributed by atoms with van der Waals surface area (Å²) in [5.41, 5.74) is 2.30. The Bertz CT molecular complexity index is 619. The zero-order valence-corrected chi connectivity index (χ0v) is 14.9. The van der Waals surface area contributed by atoms with E-state index in [2.05, 4.69) is 24.4 Å². The molecular formula is C21H27NO3. The van der Waals surface area contributed by atoms with E-state index < -0.39 is 0 Å². The summed E-state index contributed by atoms with van der Waals surface area (Å²) in [7, 11) is 0. The predicted octanol–water partition coefficient (Wildman–Crippen LogP) is 4.65. The van der Waals surface area contributed by atoms with Crippen LogP contribution in [0.1, 0.15) is 31.7 Å². The molecule has 1 aliphatic rings. The Morgan fingerprint density at radius 1 is 1.00 bits per heavy atom. The van der Waals surface area contributed by atoms with Gasteiger partial charge < -0.3 is 19.5 Å². The summed E-state index contributed by atoms with van der Waals surface area (Å²) >= 11 is 0. The minimum atomic E-state index is 0.252. The molecule has 2 aromatic rings. The Labute approximate surface area is 150 Å². The molecule has 0 radical (unpaired) electrons. The molecule has 134 valence electrons. The molecule has 1 fully saturated rings. The number of anilines is 1. The fourth-order valence-corrected chi connectivity index (χ4v) is 2.76. The summed E-state index contributed by atoms with van der Waals surface area (Å²) < 4.78 is 17.0. The van der Waals surface area contributed by atoms with Crippen molar-refractivity contribution in [3.8, 4) is 11.5 Å². The molecule has 1 N–H and O–H groups in total. The number of benzene rings is 2. The van der Waals surface area contributed by atoms with Gasteiger partial charge in [-0.05, 0) is 61.2 Å². The van der Waals surface area contributed by atoms with Gasteiger partial charge >= 0.3 is 0 Å². The van der Waals surface area contributed by atoms with Crippen LogP contribution < -0.4 is 14.8 Å². The van der Waals surface area contributed by atoms with Gasteiger partial charge in [-0.25, -0.2) is 0 Å². The van der Waals surface area contributed by atoms with Crippen molar-refractivity contribution in [1.82, 2.24) is 0 Å². The molecule has 0 aromatic heterocycles. The van der Waals surface area contributed by atoms with Crippen LogP contribution >= 0.6 is 0 Å². The van der Waals surface area contributed by atoms with Crippen molar-refractivity contribution in [2.24, 2.45) is 0 Å². The molecule has 0 amide bonds. The van der Waals surface area contributed by atoms with Crippen molar-refractivity contribution in [2.45, 2.75) is 38.8 Å².